The van der Waals surface area contributed by atoms with Gasteiger partial charge in [0, 0.05) is 18.6 Å². The Hall–Kier alpha value is -1.95. The summed E-state index contributed by atoms with van der Waals surface area (Å²) >= 11 is 0. The molecule has 10 heteroatoms. The lowest BCUT2D eigenvalue weighted by molar-refractivity contribution is 0.0104. The van der Waals surface area contributed by atoms with Crippen LogP contribution in [0.2, 0.25) is 0 Å². The molecule has 2 aromatic rings. The van der Waals surface area contributed by atoms with Crippen LogP contribution in [-0.4, -0.2) is 75.0 Å². The molecule has 360 valence electrons. The van der Waals surface area contributed by atoms with Gasteiger partial charge in [-0.05, 0) is 42.5 Å². The highest BCUT2D eigenvalue weighted by Gasteiger charge is 2.22. The van der Waals surface area contributed by atoms with Crippen molar-refractivity contribution in [1.82, 2.24) is 0 Å². The van der Waals surface area contributed by atoms with Crippen molar-refractivity contribution in [2.24, 2.45) is 0 Å². The van der Waals surface area contributed by atoms with Crippen molar-refractivity contribution in [3.8, 4) is 11.5 Å². The summed E-state index contributed by atoms with van der Waals surface area (Å²) in [6, 6.07) is 7.91. The van der Waals surface area contributed by atoms with Gasteiger partial charge in [-0.25, -0.2) is 0 Å². The third kappa shape index (κ3) is 29.5. The largest absolute Gasteiger partial charge is 0.491 e. The van der Waals surface area contributed by atoms with E-state index in [0.717, 1.165) is 25.7 Å². The SMILES string of the molecule is CCCCCCCCCCCCCCCCCCOCC(O)COc1ccc2c(S(=O)(=O)O)c(OCC(O)COCCCCCCCCCCCCCCCCCC)ccc2c1. The van der Waals surface area contributed by atoms with E-state index in [-0.39, 0.29) is 42.5 Å². The van der Waals surface area contributed by atoms with Crippen LogP contribution in [0, 0.1) is 0 Å². The van der Waals surface area contributed by atoms with Crippen LogP contribution in [0.15, 0.2) is 35.2 Å². The first kappa shape index (κ1) is 56.2. The summed E-state index contributed by atoms with van der Waals surface area (Å²) in [6.45, 7) is 5.79. The molecule has 0 spiro atoms. The van der Waals surface area contributed by atoms with Gasteiger partial charge in [-0.2, -0.15) is 8.42 Å². The van der Waals surface area contributed by atoms with Crippen LogP contribution in [0.5, 0.6) is 11.5 Å². The van der Waals surface area contributed by atoms with Gasteiger partial charge in [-0.3, -0.25) is 4.55 Å². The fraction of sp³-hybridized carbons (Fsp3) is 0.808. The maximum atomic E-state index is 12.5. The number of aliphatic hydroxyl groups is 2. The molecule has 0 amide bonds. The molecule has 0 saturated heterocycles. The Morgan fingerprint density at radius 2 is 0.806 bits per heavy atom. The molecular formula is C52H92O9S. The van der Waals surface area contributed by atoms with Crippen molar-refractivity contribution in [1.29, 1.82) is 0 Å². The molecule has 62 heavy (non-hydrogen) atoms. The third-order valence-corrected chi connectivity index (χ3v) is 12.9. The second-order valence-electron chi connectivity index (χ2n) is 17.9. The molecular weight excluding hydrogens is 801 g/mol. The third-order valence-electron chi connectivity index (χ3n) is 11.9. The van der Waals surface area contributed by atoms with Crippen molar-refractivity contribution in [2.75, 3.05) is 39.6 Å². The highest BCUT2D eigenvalue weighted by molar-refractivity contribution is 7.86. The van der Waals surface area contributed by atoms with Crippen LogP contribution in [-0.2, 0) is 19.6 Å². The van der Waals surface area contributed by atoms with Crippen LogP contribution in [0.1, 0.15) is 219 Å². The quantitative estimate of drug-likeness (QED) is 0.0439. The number of ether oxygens (including phenoxy) is 4. The molecule has 2 atom stereocenters. The Morgan fingerprint density at radius 3 is 1.18 bits per heavy atom. The van der Waals surface area contributed by atoms with E-state index in [1.807, 2.05) is 0 Å². The number of hydrogen-bond donors (Lipinski definition) is 3. The number of unbranched alkanes of at least 4 members (excludes halogenated alkanes) is 30. The standard InChI is InChI=1S/C52H92O9S/c1-3-5-7-9-11-13-15-17-19-21-23-25-27-29-31-33-39-58-42-47(53)44-60-49-36-37-50-46(41-49)35-38-51(52(50)62(55,56)57)61-45-48(54)43-59-40-34-32-30-28-26-24-22-20-18-16-14-12-10-8-6-4-2/h35-38,41,47-48,53-54H,3-34,39-40,42-45H2,1-2H3,(H,55,56,57). The van der Waals surface area contributed by atoms with Crippen molar-refractivity contribution in [3.05, 3.63) is 30.3 Å². The smallest absolute Gasteiger partial charge is 0.298 e. The van der Waals surface area contributed by atoms with Gasteiger partial charge in [0.15, 0.2) is 0 Å². The van der Waals surface area contributed by atoms with Crippen LogP contribution in [0.3, 0.4) is 0 Å². The lowest BCUT2D eigenvalue weighted by Crippen LogP contribution is -2.24. The van der Waals surface area contributed by atoms with E-state index in [0.29, 0.717) is 24.3 Å². The Bertz CT molecular complexity index is 1430. The first-order valence-corrected chi connectivity index (χ1v) is 27.0. The molecule has 0 radical (unpaired) electrons. The molecule has 0 aliphatic carbocycles. The fourth-order valence-electron chi connectivity index (χ4n) is 8.15. The van der Waals surface area contributed by atoms with Gasteiger partial charge < -0.3 is 29.2 Å². The minimum Gasteiger partial charge on any atom is -0.491 e. The van der Waals surface area contributed by atoms with E-state index in [1.165, 1.54) is 186 Å². The van der Waals surface area contributed by atoms with Crippen LogP contribution in [0.25, 0.3) is 10.8 Å². The topological polar surface area (TPSA) is 132 Å². The first-order chi connectivity index (χ1) is 30.3. The highest BCUT2D eigenvalue weighted by Crippen LogP contribution is 2.34. The second-order valence-corrected chi connectivity index (χ2v) is 19.3. The van der Waals surface area contributed by atoms with Crippen molar-refractivity contribution in [3.63, 3.8) is 0 Å². The lowest BCUT2D eigenvalue weighted by Gasteiger charge is -2.16. The zero-order chi connectivity index (χ0) is 44.8. The highest BCUT2D eigenvalue weighted by atomic mass is 32.2. The number of rotatable bonds is 45. The molecule has 0 fully saturated rings. The molecule has 0 bridgehead atoms. The second kappa shape index (κ2) is 38.3. The van der Waals surface area contributed by atoms with E-state index < -0.39 is 22.3 Å². The molecule has 0 aromatic heterocycles. The van der Waals surface area contributed by atoms with Crippen LogP contribution < -0.4 is 9.47 Å². The molecule has 0 saturated carbocycles. The lowest BCUT2D eigenvalue weighted by atomic mass is 10.0. The monoisotopic (exact) mass is 893 g/mol. The van der Waals surface area contributed by atoms with Gasteiger partial charge in [0.05, 0.1) is 13.2 Å². The van der Waals surface area contributed by atoms with Crippen molar-refractivity contribution < 1.29 is 42.1 Å². The van der Waals surface area contributed by atoms with E-state index in [2.05, 4.69) is 13.8 Å². The number of hydrogen-bond acceptors (Lipinski definition) is 8. The van der Waals surface area contributed by atoms with E-state index in [1.54, 1.807) is 24.3 Å². The van der Waals surface area contributed by atoms with Crippen molar-refractivity contribution in [2.45, 2.75) is 236 Å². The summed E-state index contributed by atoms with van der Waals surface area (Å²) in [7, 11) is -4.66. The van der Waals surface area contributed by atoms with Crippen LogP contribution in [0.4, 0.5) is 0 Å². The molecule has 2 aromatic carbocycles. The van der Waals surface area contributed by atoms with Gasteiger partial charge in [-0.15, -0.1) is 0 Å². The predicted octanol–water partition coefficient (Wildman–Crippen LogP) is 14.1. The van der Waals surface area contributed by atoms with Gasteiger partial charge in [0.25, 0.3) is 10.1 Å². The zero-order valence-corrected chi connectivity index (χ0v) is 40.4. The summed E-state index contributed by atoms with van der Waals surface area (Å²) < 4.78 is 57.9. The van der Waals surface area contributed by atoms with Crippen LogP contribution >= 0.6 is 0 Å². The number of benzene rings is 2. The molecule has 0 aliphatic heterocycles. The van der Waals surface area contributed by atoms with Crippen molar-refractivity contribution >= 4 is 20.9 Å². The van der Waals surface area contributed by atoms with E-state index >= 15 is 0 Å². The maximum Gasteiger partial charge on any atom is 0.298 e. The molecule has 0 heterocycles. The zero-order valence-electron chi connectivity index (χ0n) is 39.6. The summed E-state index contributed by atoms with van der Waals surface area (Å²) in [5, 5.41) is 21.7. The summed E-state index contributed by atoms with van der Waals surface area (Å²) in [6.07, 6.45) is 40.3. The Kier molecular flexibility index (Phi) is 34.7. The molecule has 2 rings (SSSR count). The van der Waals surface area contributed by atoms with Gasteiger partial charge in [0.1, 0.15) is 41.8 Å². The molecule has 3 N–H and O–H groups in total. The summed E-state index contributed by atoms with van der Waals surface area (Å²) in [5.41, 5.74) is 0. The maximum absolute atomic E-state index is 12.5. The Balaban J connectivity index is 1.53. The minimum atomic E-state index is -4.66. The molecule has 2 unspecified atom stereocenters. The summed E-state index contributed by atoms with van der Waals surface area (Å²) in [4.78, 5) is -0.370. The van der Waals surface area contributed by atoms with Gasteiger partial charge in [-0.1, -0.05) is 213 Å². The Labute approximate surface area is 379 Å². The first-order valence-electron chi connectivity index (χ1n) is 25.6. The molecule has 0 aliphatic rings. The summed E-state index contributed by atoms with van der Waals surface area (Å²) in [5.74, 6) is 0.392. The predicted molar refractivity (Wildman–Crippen MR) is 257 cm³/mol. The Morgan fingerprint density at radius 1 is 0.452 bits per heavy atom. The number of aliphatic hydroxyl groups excluding tert-OH is 2. The van der Waals surface area contributed by atoms with E-state index in [4.69, 9.17) is 18.9 Å². The van der Waals surface area contributed by atoms with Gasteiger partial charge in [0.2, 0.25) is 0 Å². The van der Waals surface area contributed by atoms with Gasteiger partial charge >= 0.3 is 0 Å². The normalized spacial score (nSPS) is 12.9. The molecule has 9 nitrogen and oxygen atoms in total. The fourth-order valence-corrected chi connectivity index (χ4v) is 8.99. The average Bonchev–Trinajstić information content (AvgIpc) is 3.26. The minimum absolute atomic E-state index is 0.0241. The number of fused-ring (bicyclic) bond motifs is 1. The van der Waals surface area contributed by atoms with E-state index in [9.17, 15) is 23.2 Å². The average molecular weight is 893 g/mol.